The Morgan fingerprint density at radius 2 is 2.21 bits per heavy atom. The van der Waals surface area contributed by atoms with Crippen molar-refractivity contribution in [3.05, 3.63) is 29.3 Å². The van der Waals surface area contributed by atoms with Gasteiger partial charge in [0, 0.05) is 30.9 Å². The van der Waals surface area contributed by atoms with Gasteiger partial charge in [0.1, 0.15) is 0 Å². The summed E-state index contributed by atoms with van der Waals surface area (Å²) in [5.74, 6) is 0.143. The highest BCUT2D eigenvalue weighted by molar-refractivity contribution is 5.94. The van der Waals surface area contributed by atoms with Gasteiger partial charge in [-0.05, 0) is 43.5 Å². The Kier molecular flexibility index (Phi) is 4.97. The molecule has 1 heterocycles. The zero-order valence-electron chi connectivity index (χ0n) is 11.9. The summed E-state index contributed by atoms with van der Waals surface area (Å²) in [6, 6.07) is 6.04. The van der Waals surface area contributed by atoms with E-state index >= 15 is 0 Å². The number of unbranched alkanes of at least 4 members (excludes halogenated alkanes) is 1. The third kappa shape index (κ3) is 3.57. The van der Waals surface area contributed by atoms with Gasteiger partial charge in [-0.2, -0.15) is 0 Å². The first-order valence-corrected chi connectivity index (χ1v) is 7.19. The molecule has 1 aromatic carbocycles. The molecule has 0 bridgehead atoms. The van der Waals surface area contributed by atoms with Crippen molar-refractivity contribution in [2.75, 3.05) is 31.2 Å². The maximum atomic E-state index is 11.4. The molecule has 0 fully saturated rings. The molecular formula is C16H23NO2. The third-order valence-electron chi connectivity index (χ3n) is 3.63. The molecule has 0 N–H and O–H groups in total. The minimum absolute atomic E-state index is 0.143. The molecule has 104 valence electrons. The predicted octanol–water partition coefficient (Wildman–Crippen LogP) is 3.07. The average molecular weight is 261 g/mol. The van der Waals surface area contributed by atoms with Crippen LogP contribution in [0.1, 0.15) is 42.6 Å². The van der Waals surface area contributed by atoms with Crippen LogP contribution in [0.15, 0.2) is 18.2 Å². The van der Waals surface area contributed by atoms with Crippen LogP contribution in [0.5, 0.6) is 0 Å². The SMILES string of the molecule is CCCCOCCN1CCc2cc(C(C)=O)ccc21. The van der Waals surface area contributed by atoms with Crippen LogP contribution < -0.4 is 4.90 Å². The second-order valence-electron chi connectivity index (χ2n) is 5.10. The zero-order valence-corrected chi connectivity index (χ0v) is 11.9. The van der Waals surface area contributed by atoms with Gasteiger partial charge in [0.25, 0.3) is 0 Å². The van der Waals surface area contributed by atoms with Crippen molar-refractivity contribution >= 4 is 11.5 Å². The van der Waals surface area contributed by atoms with E-state index in [1.165, 1.54) is 17.7 Å². The van der Waals surface area contributed by atoms with Crippen LogP contribution in [0, 0.1) is 0 Å². The predicted molar refractivity (Wildman–Crippen MR) is 78.1 cm³/mol. The molecule has 1 aliphatic heterocycles. The number of ether oxygens (including phenoxy) is 1. The Bertz CT molecular complexity index is 442. The molecule has 3 heteroatoms. The van der Waals surface area contributed by atoms with E-state index in [-0.39, 0.29) is 5.78 Å². The van der Waals surface area contributed by atoms with Crippen molar-refractivity contribution in [1.82, 2.24) is 0 Å². The number of hydrogen-bond acceptors (Lipinski definition) is 3. The first kappa shape index (κ1) is 14.1. The van der Waals surface area contributed by atoms with E-state index in [1.807, 2.05) is 12.1 Å². The number of carbonyl (C=O) groups is 1. The van der Waals surface area contributed by atoms with Crippen LogP contribution >= 0.6 is 0 Å². The summed E-state index contributed by atoms with van der Waals surface area (Å²) in [5, 5.41) is 0. The van der Waals surface area contributed by atoms with Gasteiger partial charge in [-0.15, -0.1) is 0 Å². The topological polar surface area (TPSA) is 29.5 Å². The lowest BCUT2D eigenvalue weighted by molar-refractivity contribution is 0.101. The number of nitrogens with zero attached hydrogens (tertiary/aromatic N) is 1. The number of fused-ring (bicyclic) bond motifs is 1. The second-order valence-corrected chi connectivity index (χ2v) is 5.10. The van der Waals surface area contributed by atoms with Crippen LogP contribution in [0.25, 0.3) is 0 Å². The van der Waals surface area contributed by atoms with Crippen LogP contribution in [-0.4, -0.2) is 32.1 Å². The summed E-state index contributed by atoms with van der Waals surface area (Å²) >= 11 is 0. The first-order chi connectivity index (χ1) is 9.22. The molecule has 0 aliphatic carbocycles. The maximum Gasteiger partial charge on any atom is 0.159 e. The van der Waals surface area contributed by atoms with Gasteiger partial charge in [0.2, 0.25) is 0 Å². The second kappa shape index (κ2) is 6.71. The van der Waals surface area contributed by atoms with E-state index in [0.717, 1.165) is 44.7 Å². The van der Waals surface area contributed by atoms with Gasteiger partial charge < -0.3 is 9.64 Å². The number of hydrogen-bond donors (Lipinski definition) is 0. The molecule has 0 radical (unpaired) electrons. The Hall–Kier alpha value is -1.35. The summed E-state index contributed by atoms with van der Waals surface area (Å²) in [6.07, 6.45) is 3.35. The van der Waals surface area contributed by atoms with Crippen LogP contribution in [0.2, 0.25) is 0 Å². The quantitative estimate of drug-likeness (QED) is 0.558. The van der Waals surface area contributed by atoms with Crippen LogP contribution in [0.4, 0.5) is 5.69 Å². The minimum atomic E-state index is 0.143. The third-order valence-corrected chi connectivity index (χ3v) is 3.63. The lowest BCUT2D eigenvalue weighted by Gasteiger charge is -2.19. The molecule has 0 spiro atoms. The Balaban J connectivity index is 1.89. The fourth-order valence-corrected chi connectivity index (χ4v) is 2.44. The maximum absolute atomic E-state index is 11.4. The first-order valence-electron chi connectivity index (χ1n) is 7.19. The number of Topliss-reactive ketones (excluding diaryl/α,β-unsaturated/α-hetero) is 1. The summed E-state index contributed by atoms with van der Waals surface area (Å²) in [7, 11) is 0. The average Bonchev–Trinajstić information content (AvgIpc) is 2.81. The van der Waals surface area contributed by atoms with Crippen molar-refractivity contribution in [1.29, 1.82) is 0 Å². The smallest absolute Gasteiger partial charge is 0.159 e. The summed E-state index contributed by atoms with van der Waals surface area (Å²) < 4.78 is 5.62. The number of rotatable bonds is 7. The molecule has 19 heavy (non-hydrogen) atoms. The highest BCUT2D eigenvalue weighted by Gasteiger charge is 2.19. The van der Waals surface area contributed by atoms with Crippen LogP contribution in [-0.2, 0) is 11.2 Å². The number of benzene rings is 1. The van der Waals surface area contributed by atoms with E-state index in [4.69, 9.17) is 4.74 Å². The molecule has 0 amide bonds. The minimum Gasteiger partial charge on any atom is -0.380 e. The van der Waals surface area contributed by atoms with Crippen molar-refractivity contribution in [3.63, 3.8) is 0 Å². The van der Waals surface area contributed by atoms with Crippen molar-refractivity contribution in [3.8, 4) is 0 Å². The standard InChI is InChI=1S/C16H23NO2/c1-3-4-10-19-11-9-17-8-7-15-12-14(13(2)18)5-6-16(15)17/h5-6,12H,3-4,7-11H2,1-2H3. The molecule has 1 aliphatic rings. The van der Waals surface area contributed by atoms with Crippen LogP contribution in [0.3, 0.4) is 0 Å². The van der Waals surface area contributed by atoms with Gasteiger partial charge in [-0.25, -0.2) is 0 Å². The lowest BCUT2D eigenvalue weighted by atomic mass is 10.1. The zero-order chi connectivity index (χ0) is 13.7. The van der Waals surface area contributed by atoms with Gasteiger partial charge in [-0.3, -0.25) is 4.79 Å². The highest BCUT2D eigenvalue weighted by atomic mass is 16.5. The molecule has 0 saturated carbocycles. The van der Waals surface area contributed by atoms with E-state index < -0.39 is 0 Å². The molecule has 3 nitrogen and oxygen atoms in total. The van der Waals surface area contributed by atoms with Crippen molar-refractivity contribution in [2.45, 2.75) is 33.1 Å². The van der Waals surface area contributed by atoms with E-state index in [1.54, 1.807) is 6.92 Å². The molecule has 0 atom stereocenters. The Morgan fingerprint density at radius 1 is 1.37 bits per heavy atom. The van der Waals surface area contributed by atoms with E-state index in [9.17, 15) is 4.79 Å². The fraction of sp³-hybridized carbons (Fsp3) is 0.562. The van der Waals surface area contributed by atoms with Gasteiger partial charge in [0.05, 0.1) is 6.61 Å². The molecular weight excluding hydrogens is 238 g/mol. The number of anilines is 1. The molecule has 2 rings (SSSR count). The highest BCUT2D eigenvalue weighted by Crippen LogP contribution is 2.28. The Morgan fingerprint density at radius 3 is 2.95 bits per heavy atom. The summed E-state index contributed by atoms with van der Waals surface area (Å²) in [5.41, 5.74) is 3.38. The van der Waals surface area contributed by atoms with Gasteiger partial charge >= 0.3 is 0 Å². The molecule has 0 unspecified atom stereocenters. The molecule has 0 saturated heterocycles. The molecule has 1 aromatic rings. The normalized spacial score (nSPS) is 13.7. The Labute approximate surface area is 115 Å². The number of ketones is 1. The van der Waals surface area contributed by atoms with Crippen molar-refractivity contribution < 1.29 is 9.53 Å². The monoisotopic (exact) mass is 261 g/mol. The summed E-state index contributed by atoms with van der Waals surface area (Å²) in [6.45, 7) is 7.42. The van der Waals surface area contributed by atoms with Crippen molar-refractivity contribution in [2.24, 2.45) is 0 Å². The van der Waals surface area contributed by atoms with Gasteiger partial charge in [-0.1, -0.05) is 13.3 Å². The summed E-state index contributed by atoms with van der Waals surface area (Å²) in [4.78, 5) is 13.7. The lowest BCUT2D eigenvalue weighted by Crippen LogP contribution is -2.25. The number of carbonyl (C=O) groups excluding carboxylic acids is 1. The van der Waals surface area contributed by atoms with Gasteiger partial charge in [0.15, 0.2) is 5.78 Å². The fourth-order valence-electron chi connectivity index (χ4n) is 2.44. The molecule has 0 aromatic heterocycles. The van der Waals surface area contributed by atoms with E-state index in [2.05, 4.69) is 17.9 Å². The largest absolute Gasteiger partial charge is 0.380 e. The van der Waals surface area contributed by atoms with E-state index in [0.29, 0.717) is 0 Å².